The van der Waals surface area contributed by atoms with Gasteiger partial charge < -0.3 is 15.2 Å². The molecule has 6 nitrogen and oxygen atoms in total. The SMILES string of the molecule is CCN(C)c1cccc(NC(=O)CCn2c(=S)[nH]c3ccccc3c2=O)c1. The molecule has 0 atom stereocenters. The van der Waals surface area contributed by atoms with Crippen LogP contribution >= 0.6 is 12.2 Å². The average molecular weight is 382 g/mol. The lowest BCUT2D eigenvalue weighted by Crippen LogP contribution is -2.25. The fraction of sp³-hybridized carbons (Fsp3) is 0.250. The highest BCUT2D eigenvalue weighted by molar-refractivity contribution is 7.71. The molecule has 0 spiro atoms. The largest absolute Gasteiger partial charge is 0.375 e. The van der Waals surface area contributed by atoms with Gasteiger partial charge in [-0.2, -0.15) is 0 Å². The Labute approximate surface area is 162 Å². The number of carbonyl (C=O) groups is 1. The van der Waals surface area contributed by atoms with Crippen LogP contribution in [0.2, 0.25) is 0 Å². The van der Waals surface area contributed by atoms with E-state index in [1.165, 1.54) is 4.57 Å². The van der Waals surface area contributed by atoms with Crippen molar-refractivity contribution in [2.24, 2.45) is 0 Å². The first-order valence-electron chi connectivity index (χ1n) is 8.82. The quantitative estimate of drug-likeness (QED) is 0.640. The Balaban J connectivity index is 1.72. The van der Waals surface area contributed by atoms with Crippen LogP contribution in [0, 0.1) is 4.77 Å². The van der Waals surface area contributed by atoms with Gasteiger partial charge in [0.05, 0.1) is 10.9 Å². The van der Waals surface area contributed by atoms with E-state index in [-0.39, 0.29) is 24.4 Å². The van der Waals surface area contributed by atoms with Gasteiger partial charge in [0.1, 0.15) is 0 Å². The van der Waals surface area contributed by atoms with E-state index in [1.54, 1.807) is 12.1 Å². The van der Waals surface area contributed by atoms with Crippen LogP contribution in [0.15, 0.2) is 53.3 Å². The number of hydrogen-bond donors (Lipinski definition) is 2. The molecule has 2 N–H and O–H groups in total. The topological polar surface area (TPSA) is 70.1 Å². The number of benzene rings is 2. The third-order valence-electron chi connectivity index (χ3n) is 4.50. The molecule has 0 fully saturated rings. The summed E-state index contributed by atoms with van der Waals surface area (Å²) in [6.07, 6.45) is 0.156. The summed E-state index contributed by atoms with van der Waals surface area (Å²) >= 11 is 5.28. The molecule has 2 aromatic carbocycles. The van der Waals surface area contributed by atoms with Crippen molar-refractivity contribution in [2.75, 3.05) is 23.8 Å². The first-order chi connectivity index (χ1) is 13.0. The number of hydrogen-bond acceptors (Lipinski definition) is 4. The number of aromatic amines is 1. The molecule has 3 aromatic rings. The number of para-hydroxylation sites is 1. The molecule has 0 saturated heterocycles. The summed E-state index contributed by atoms with van der Waals surface area (Å²) in [5.74, 6) is -0.166. The molecule has 0 aliphatic heterocycles. The van der Waals surface area contributed by atoms with Crippen molar-refractivity contribution in [2.45, 2.75) is 19.9 Å². The first-order valence-corrected chi connectivity index (χ1v) is 9.23. The van der Waals surface area contributed by atoms with E-state index in [1.807, 2.05) is 43.4 Å². The molecule has 0 bridgehead atoms. The fourth-order valence-corrected chi connectivity index (χ4v) is 3.13. The van der Waals surface area contributed by atoms with Gasteiger partial charge in [0.25, 0.3) is 5.56 Å². The molecule has 0 aliphatic rings. The minimum absolute atomic E-state index is 0.156. The van der Waals surface area contributed by atoms with Crippen molar-refractivity contribution in [3.05, 3.63) is 63.7 Å². The Morgan fingerprint density at radius 1 is 1.22 bits per heavy atom. The molecule has 140 valence electrons. The second-order valence-electron chi connectivity index (χ2n) is 6.30. The summed E-state index contributed by atoms with van der Waals surface area (Å²) in [7, 11) is 1.99. The molecule has 0 radical (unpaired) electrons. The van der Waals surface area contributed by atoms with Crippen LogP contribution < -0.4 is 15.8 Å². The van der Waals surface area contributed by atoms with Crippen LogP contribution in [0.4, 0.5) is 11.4 Å². The van der Waals surface area contributed by atoms with E-state index < -0.39 is 0 Å². The third kappa shape index (κ3) is 4.25. The van der Waals surface area contributed by atoms with Gasteiger partial charge in [-0.1, -0.05) is 18.2 Å². The van der Waals surface area contributed by atoms with Gasteiger partial charge in [-0.25, -0.2) is 0 Å². The van der Waals surface area contributed by atoms with Crippen LogP contribution in [0.3, 0.4) is 0 Å². The number of fused-ring (bicyclic) bond motifs is 1. The number of amides is 1. The van der Waals surface area contributed by atoms with Gasteiger partial charge in [-0.05, 0) is 49.5 Å². The summed E-state index contributed by atoms with van der Waals surface area (Å²) < 4.78 is 1.75. The second-order valence-corrected chi connectivity index (χ2v) is 6.68. The van der Waals surface area contributed by atoms with Crippen LogP contribution in [-0.4, -0.2) is 29.1 Å². The van der Waals surface area contributed by atoms with E-state index in [9.17, 15) is 9.59 Å². The molecule has 0 aliphatic carbocycles. The van der Waals surface area contributed by atoms with E-state index in [0.717, 1.165) is 17.9 Å². The summed E-state index contributed by atoms with van der Waals surface area (Å²) in [4.78, 5) is 30.1. The number of H-pyrrole nitrogens is 1. The highest BCUT2D eigenvalue weighted by atomic mass is 32.1. The van der Waals surface area contributed by atoms with Gasteiger partial charge in [0.2, 0.25) is 5.91 Å². The maximum absolute atomic E-state index is 12.6. The first kappa shape index (κ1) is 18.8. The number of nitrogens with one attached hydrogen (secondary N) is 2. The van der Waals surface area contributed by atoms with Crippen molar-refractivity contribution >= 4 is 40.4 Å². The molecule has 0 unspecified atom stereocenters. The van der Waals surface area contributed by atoms with E-state index in [2.05, 4.69) is 22.1 Å². The zero-order chi connectivity index (χ0) is 19.4. The lowest BCUT2D eigenvalue weighted by molar-refractivity contribution is -0.116. The van der Waals surface area contributed by atoms with Crippen molar-refractivity contribution in [1.82, 2.24) is 9.55 Å². The molecule has 7 heteroatoms. The van der Waals surface area contributed by atoms with Crippen molar-refractivity contribution in [1.29, 1.82) is 0 Å². The van der Waals surface area contributed by atoms with Gasteiger partial charge >= 0.3 is 0 Å². The normalized spacial score (nSPS) is 10.7. The number of rotatable bonds is 6. The predicted molar refractivity (Wildman–Crippen MR) is 112 cm³/mol. The molecule has 3 rings (SSSR count). The maximum Gasteiger partial charge on any atom is 0.262 e. The fourth-order valence-electron chi connectivity index (χ4n) is 2.84. The second kappa shape index (κ2) is 8.18. The summed E-state index contributed by atoms with van der Waals surface area (Å²) in [5.41, 5.74) is 2.27. The molecule has 1 aromatic heterocycles. The lowest BCUT2D eigenvalue weighted by atomic mass is 10.2. The Kier molecular flexibility index (Phi) is 5.71. The highest BCUT2D eigenvalue weighted by Crippen LogP contribution is 2.18. The van der Waals surface area contributed by atoms with Crippen LogP contribution in [0.5, 0.6) is 0 Å². The van der Waals surface area contributed by atoms with Crippen LogP contribution in [-0.2, 0) is 11.3 Å². The number of aromatic nitrogens is 2. The Hall–Kier alpha value is -2.93. The molecular formula is C20H22N4O2S. The summed E-state index contributed by atoms with van der Waals surface area (Å²) in [5, 5.41) is 3.44. The number of carbonyl (C=O) groups excluding carboxylic acids is 1. The van der Waals surface area contributed by atoms with Crippen LogP contribution in [0.1, 0.15) is 13.3 Å². The van der Waals surface area contributed by atoms with Gasteiger partial charge in [0.15, 0.2) is 4.77 Å². The smallest absolute Gasteiger partial charge is 0.262 e. The zero-order valence-electron chi connectivity index (χ0n) is 15.4. The monoisotopic (exact) mass is 382 g/mol. The van der Waals surface area contributed by atoms with Crippen molar-refractivity contribution in [3.8, 4) is 0 Å². The molecular weight excluding hydrogens is 360 g/mol. The Morgan fingerprint density at radius 3 is 2.78 bits per heavy atom. The van der Waals surface area contributed by atoms with Gasteiger partial charge in [0, 0.05) is 37.9 Å². The minimum Gasteiger partial charge on any atom is -0.375 e. The predicted octanol–water partition coefficient (Wildman–Crippen LogP) is 3.54. The highest BCUT2D eigenvalue weighted by Gasteiger charge is 2.09. The molecule has 0 saturated carbocycles. The van der Waals surface area contributed by atoms with Crippen molar-refractivity contribution < 1.29 is 4.79 Å². The average Bonchev–Trinajstić information content (AvgIpc) is 2.67. The minimum atomic E-state index is -0.186. The molecule has 1 amide bonds. The van der Waals surface area contributed by atoms with Crippen LogP contribution in [0.25, 0.3) is 10.9 Å². The summed E-state index contributed by atoms with van der Waals surface area (Å²) in [6, 6.07) is 14.9. The zero-order valence-corrected chi connectivity index (χ0v) is 16.2. The number of nitrogens with zero attached hydrogens (tertiary/aromatic N) is 2. The van der Waals surface area contributed by atoms with E-state index in [4.69, 9.17) is 12.2 Å². The molecule has 1 heterocycles. The van der Waals surface area contributed by atoms with Gasteiger partial charge in [-0.15, -0.1) is 0 Å². The van der Waals surface area contributed by atoms with Crippen molar-refractivity contribution in [3.63, 3.8) is 0 Å². The summed E-state index contributed by atoms with van der Waals surface area (Å²) in [6.45, 7) is 3.16. The number of anilines is 2. The van der Waals surface area contributed by atoms with E-state index in [0.29, 0.717) is 15.7 Å². The third-order valence-corrected chi connectivity index (χ3v) is 4.82. The van der Waals surface area contributed by atoms with E-state index >= 15 is 0 Å². The molecule has 27 heavy (non-hydrogen) atoms. The Bertz CT molecular complexity index is 1090. The Morgan fingerprint density at radius 2 is 2.00 bits per heavy atom. The standard InChI is InChI=1S/C20H22N4O2S/c1-3-23(2)15-8-6-7-14(13-15)21-18(25)11-12-24-19(26)16-9-4-5-10-17(16)22-20(24)27/h4-10,13H,3,11-12H2,1-2H3,(H,21,25)(H,22,27). The van der Waals surface area contributed by atoms with Gasteiger partial charge in [-0.3, -0.25) is 14.2 Å². The lowest BCUT2D eigenvalue weighted by Gasteiger charge is -2.17. The maximum atomic E-state index is 12.6.